The van der Waals surface area contributed by atoms with E-state index in [9.17, 15) is 0 Å². The van der Waals surface area contributed by atoms with Crippen LogP contribution in [0.25, 0.3) is 0 Å². The van der Waals surface area contributed by atoms with Gasteiger partial charge in [-0.25, -0.2) is 0 Å². The Morgan fingerprint density at radius 1 is 1.64 bits per heavy atom. The second-order valence-electron chi connectivity index (χ2n) is 4.08. The molecule has 1 fully saturated rings. The molecule has 0 aliphatic carbocycles. The number of hydrogen-bond donors (Lipinski definition) is 2. The van der Waals surface area contributed by atoms with Gasteiger partial charge in [-0.1, -0.05) is 6.92 Å². The van der Waals surface area contributed by atoms with Crippen molar-refractivity contribution in [1.29, 1.82) is 0 Å². The molecule has 1 aliphatic rings. The van der Waals surface area contributed by atoms with Crippen molar-refractivity contribution >= 4 is 0 Å². The van der Waals surface area contributed by atoms with Gasteiger partial charge in [-0.3, -0.25) is 4.90 Å². The average molecular weight is 193 g/mol. The molecule has 2 atom stereocenters. The van der Waals surface area contributed by atoms with Crippen molar-refractivity contribution in [2.24, 2.45) is 5.73 Å². The number of hydrogen-bond acceptors (Lipinski definition) is 2. The summed E-state index contributed by atoms with van der Waals surface area (Å²) in [7, 11) is 0. The minimum Gasteiger partial charge on any atom is -0.367 e. The molecule has 0 bridgehead atoms. The zero-order valence-electron chi connectivity index (χ0n) is 8.74. The fourth-order valence-electron chi connectivity index (χ4n) is 2.40. The number of nitrogens with zero attached hydrogens (tertiary/aromatic N) is 1. The molecule has 78 valence electrons. The van der Waals surface area contributed by atoms with E-state index in [1.807, 2.05) is 6.20 Å². The molecule has 2 unspecified atom stereocenters. The smallest absolute Gasteiger partial charge is 0.0514 e. The highest BCUT2D eigenvalue weighted by Crippen LogP contribution is 2.30. The molecule has 0 amide bonds. The van der Waals surface area contributed by atoms with Crippen LogP contribution in [-0.4, -0.2) is 29.0 Å². The van der Waals surface area contributed by atoms with Crippen LogP contribution in [0, 0.1) is 0 Å². The van der Waals surface area contributed by atoms with Gasteiger partial charge in [0, 0.05) is 25.0 Å². The lowest BCUT2D eigenvalue weighted by Gasteiger charge is -2.25. The van der Waals surface area contributed by atoms with E-state index in [-0.39, 0.29) is 0 Å². The van der Waals surface area contributed by atoms with Crippen molar-refractivity contribution in [2.45, 2.75) is 31.8 Å². The van der Waals surface area contributed by atoms with Gasteiger partial charge < -0.3 is 10.7 Å². The number of aromatic nitrogens is 1. The maximum Gasteiger partial charge on any atom is 0.0514 e. The fourth-order valence-corrected chi connectivity index (χ4v) is 2.40. The predicted molar refractivity (Wildman–Crippen MR) is 58.0 cm³/mol. The number of H-pyrrole nitrogens is 1. The van der Waals surface area contributed by atoms with E-state index >= 15 is 0 Å². The molecule has 0 spiro atoms. The Labute approximate surface area is 85.3 Å². The van der Waals surface area contributed by atoms with Gasteiger partial charge in [-0.15, -0.1) is 0 Å². The maximum atomic E-state index is 6.14. The van der Waals surface area contributed by atoms with E-state index in [2.05, 4.69) is 29.1 Å². The summed E-state index contributed by atoms with van der Waals surface area (Å²) in [6.45, 7) is 4.52. The topological polar surface area (TPSA) is 45.0 Å². The van der Waals surface area contributed by atoms with Crippen molar-refractivity contribution in [3.05, 3.63) is 24.0 Å². The van der Waals surface area contributed by atoms with Crippen LogP contribution >= 0.6 is 0 Å². The molecule has 1 saturated heterocycles. The van der Waals surface area contributed by atoms with E-state index in [4.69, 9.17) is 5.73 Å². The van der Waals surface area contributed by atoms with Crippen LogP contribution in [-0.2, 0) is 0 Å². The molecule has 0 saturated carbocycles. The number of nitrogens with one attached hydrogen (secondary N) is 1. The molecule has 0 aromatic carbocycles. The zero-order valence-corrected chi connectivity index (χ0v) is 8.74. The Bertz CT molecular complexity index is 266. The van der Waals surface area contributed by atoms with Crippen molar-refractivity contribution in [3.63, 3.8) is 0 Å². The Morgan fingerprint density at radius 2 is 2.50 bits per heavy atom. The van der Waals surface area contributed by atoms with Crippen LogP contribution in [0.2, 0.25) is 0 Å². The van der Waals surface area contributed by atoms with E-state index in [1.54, 1.807) is 0 Å². The fraction of sp³-hybridized carbons (Fsp3) is 0.636. The molecule has 14 heavy (non-hydrogen) atoms. The Hall–Kier alpha value is -0.800. The summed E-state index contributed by atoms with van der Waals surface area (Å²) >= 11 is 0. The predicted octanol–water partition coefficient (Wildman–Crippen LogP) is 1.50. The molecule has 2 rings (SSSR count). The second-order valence-corrected chi connectivity index (χ2v) is 4.08. The highest BCUT2D eigenvalue weighted by atomic mass is 15.2. The third-order valence-corrected chi connectivity index (χ3v) is 3.02. The Morgan fingerprint density at radius 3 is 3.14 bits per heavy atom. The quantitative estimate of drug-likeness (QED) is 0.764. The maximum absolute atomic E-state index is 6.14. The van der Waals surface area contributed by atoms with E-state index in [1.165, 1.54) is 12.0 Å². The number of likely N-dealkylation sites (tertiary alicyclic amines) is 1. The normalized spacial score (nSPS) is 28.4. The van der Waals surface area contributed by atoms with Gasteiger partial charge in [0.1, 0.15) is 0 Å². The average Bonchev–Trinajstić information content (AvgIpc) is 2.76. The van der Waals surface area contributed by atoms with Crippen molar-refractivity contribution in [2.75, 3.05) is 13.1 Å². The number of nitrogens with two attached hydrogens (primary N) is 1. The third kappa shape index (κ3) is 1.70. The van der Waals surface area contributed by atoms with Gasteiger partial charge in [-0.2, -0.15) is 0 Å². The lowest BCUT2D eigenvalue weighted by Crippen LogP contribution is -2.31. The van der Waals surface area contributed by atoms with Gasteiger partial charge in [-0.05, 0) is 31.0 Å². The molecule has 1 aromatic heterocycles. The summed E-state index contributed by atoms with van der Waals surface area (Å²) in [4.78, 5) is 5.60. The van der Waals surface area contributed by atoms with E-state index < -0.39 is 0 Å². The van der Waals surface area contributed by atoms with Crippen molar-refractivity contribution in [1.82, 2.24) is 9.88 Å². The largest absolute Gasteiger partial charge is 0.367 e. The highest BCUT2D eigenvalue weighted by molar-refractivity contribution is 5.18. The minimum atomic E-state index is 0.303. The lowest BCUT2D eigenvalue weighted by atomic mass is 10.0. The van der Waals surface area contributed by atoms with Gasteiger partial charge >= 0.3 is 0 Å². The molecule has 3 nitrogen and oxygen atoms in total. The molecule has 1 aliphatic heterocycles. The summed E-state index contributed by atoms with van der Waals surface area (Å²) in [6, 6.07) is 2.87. The van der Waals surface area contributed by atoms with E-state index in [0.717, 1.165) is 19.5 Å². The molecule has 1 aromatic rings. The molecular weight excluding hydrogens is 174 g/mol. The van der Waals surface area contributed by atoms with Gasteiger partial charge in [0.25, 0.3) is 0 Å². The van der Waals surface area contributed by atoms with E-state index in [0.29, 0.717) is 12.1 Å². The zero-order chi connectivity index (χ0) is 9.97. The number of aromatic amines is 1. The Kier molecular flexibility index (Phi) is 2.89. The van der Waals surface area contributed by atoms with Crippen LogP contribution in [0.4, 0.5) is 0 Å². The van der Waals surface area contributed by atoms with Crippen LogP contribution in [0.15, 0.2) is 18.5 Å². The second kappa shape index (κ2) is 4.15. The molecule has 3 heteroatoms. The van der Waals surface area contributed by atoms with Gasteiger partial charge in [0.15, 0.2) is 0 Å². The molecule has 3 N–H and O–H groups in total. The summed E-state index contributed by atoms with van der Waals surface area (Å²) in [5.41, 5.74) is 7.47. The van der Waals surface area contributed by atoms with Gasteiger partial charge in [0.2, 0.25) is 0 Å². The third-order valence-electron chi connectivity index (χ3n) is 3.02. The highest BCUT2D eigenvalue weighted by Gasteiger charge is 2.32. The van der Waals surface area contributed by atoms with Crippen molar-refractivity contribution in [3.8, 4) is 0 Å². The van der Waals surface area contributed by atoms with Crippen LogP contribution in [0.1, 0.15) is 31.4 Å². The minimum absolute atomic E-state index is 0.303. The van der Waals surface area contributed by atoms with Crippen LogP contribution in [0.5, 0.6) is 0 Å². The SMILES string of the molecule is CCCN1CCC(N)C1c1cc[nH]c1. The summed E-state index contributed by atoms with van der Waals surface area (Å²) < 4.78 is 0. The first-order valence-electron chi connectivity index (χ1n) is 5.45. The number of rotatable bonds is 3. The van der Waals surface area contributed by atoms with Crippen molar-refractivity contribution < 1.29 is 0 Å². The van der Waals surface area contributed by atoms with Crippen LogP contribution in [0.3, 0.4) is 0 Å². The Balaban J connectivity index is 2.13. The van der Waals surface area contributed by atoms with Crippen LogP contribution < -0.4 is 5.73 Å². The first kappa shape index (κ1) is 9.74. The molecule has 0 radical (unpaired) electrons. The first-order valence-corrected chi connectivity index (χ1v) is 5.45. The first-order chi connectivity index (χ1) is 6.83. The van der Waals surface area contributed by atoms with Gasteiger partial charge in [0.05, 0.1) is 6.04 Å². The summed E-state index contributed by atoms with van der Waals surface area (Å²) in [5.74, 6) is 0. The lowest BCUT2D eigenvalue weighted by molar-refractivity contribution is 0.248. The summed E-state index contributed by atoms with van der Waals surface area (Å²) in [5, 5.41) is 0. The monoisotopic (exact) mass is 193 g/mol. The summed E-state index contributed by atoms with van der Waals surface area (Å²) in [6.07, 6.45) is 6.37. The molecular formula is C11H19N3. The molecule has 2 heterocycles. The standard InChI is InChI=1S/C11H19N3/c1-2-6-14-7-4-10(12)11(14)9-3-5-13-8-9/h3,5,8,10-11,13H,2,4,6-7,12H2,1H3.